The molecule has 2 aromatic rings. The van der Waals surface area contributed by atoms with Gasteiger partial charge in [-0.2, -0.15) is 17.5 Å². The van der Waals surface area contributed by atoms with E-state index < -0.39 is 37.9 Å². The lowest BCUT2D eigenvalue weighted by atomic mass is 9.74. The molecule has 178 valence electrons. The number of amides is 2. The summed E-state index contributed by atoms with van der Waals surface area (Å²) in [6.07, 6.45) is -2.77. The predicted octanol–water partition coefficient (Wildman–Crippen LogP) is 1.88. The number of urea groups is 1. The van der Waals surface area contributed by atoms with Gasteiger partial charge in [0.15, 0.2) is 0 Å². The highest BCUT2D eigenvalue weighted by atomic mass is 32.2. The number of aromatic amines is 1. The van der Waals surface area contributed by atoms with Gasteiger partial charge in [-0.15, -0.1) is 10.2 Å². The number of alkyl halides is 3. The third-order valence-electron chi connectivity index (χ3n) is 6.49. The van der Waals surface area contributed by atoms with Crippen LogP contribution in [-0.2, 0) is 16.2 Å². The van der Waals surface area contributed by atoms with Gasteiger partial charge < -0.3 is 14.8 Å². The summed E-state index contributed by atoms with van der Waals surface area (Å²) in [4.78, 5) is 18.1. The number of carbonyl (C=O) groups is 1. The van der Waals surface area contributed by atoms with Gasteiger partial charge in [-0.1, -0.05) is 0 Å². The molecule has 33 heavy (non-hydrogen) atoms. The largest absolute Gasteiger partial charge is 0.417 e. The van der Waals surface area contributed by atoms with Gasteiger partial charge in [0, 0.05) is 50.6 Å². The van der Waals surface area contributed by atoms with Gasteiger partial charge in [0.1, 0.15) is 18.0 Å². The van der Waals surface area contributed by atoms with Crippen molar-refractivity contribution in [3.8, 4) is 0 Å². The Morgan fingerprint density at radius 3 is 2.52 bits per heavy atom. The van der Waals surface area contributed by atoms with Crippen molar-refractivity contribution in [1.82, 2.24) is 29.3 Å². The second kappa shape index (κ2) is 7.38. The van der Waals surface area contributed by atoms with Crippen molar-refractivity contribution in [2.45, 2.75) is 23.4 Å². The van der Waals surface area contributed by atoms with Crippen molar-refractivity contribution in [2.75, 3.05) is 39.3 Å². The Morgan fingerprint density at radius 2 is 1.88 bits per heavy atom. The van der Waals surface area contributed by atoms with E-state index in [0.29, 0.717) is 38.3 Å². The summed E-state index contributed by atoms with van der Waals surface area (Å²) in [5, 5.41) is 7.74. The number of H-pyrrole nitrogens is 1. The summed E-state index contributed by atoms with van der Waals surface area (Å²) in [6, 6.07) is 1.38. The highest BCUT2D eigenvalue weighted by Gasteiger charge is 2.57. The summed E-state index contributed by atoms with van der Waals surface area (Å²) in [6.45, 7) is 1.75. The van der Waals surface area contributed by atoms with E-state index in [1.807, 2.05) is 0 Å². The van der Waals surface area contributed by atoms with Crippen LogP contribution in [0.1, 0.15) is 23.7 Å². The molecule has 5 rings (SSSR count). The molecule has 1 aromatic heterocycles. The van der Waals surface area contributed by atoms with Crippen LogP contribution in [0, 0.1) is 11.2 Å². The first-order valence-electron chi connectivity index (χ1n) is 10.3. The molecule has 1 atom stereocenters. The minimum absolute atomic E-state index is 0.00841. The predicted molar refractivity (Wildman–Crippen MR) is 105 cm³/mol. The number of nitrogens with zero attached hydrogens (tertiary/aromatic N) is 5. The maximum atomic E-state index is 13.3. The molecule has 0 radical (unpaired) electrons. The molecular formula is C19H20F4N6O3S. The molecule has 1 N–H and O–H groups in total. The third-order valence-corrected chi connectivity index (χ3v) is 8.34. The first-order chi connectivity index (χ1) is 15.5. The summed E-state index contributed by atoms with van der Waals surface area (Å²) < 4.78 is 79.7. The zero-order chi connectivity index (χ0) is 23.6. The van der Waals surface area contributed by atoms with Crippen LogP contribution in [0.25, 0.3) is 0 Å². The molecule has 9 nitrogen and oxygen atoms in total. The van der Waals surface area contributed by atoms with E-state index in [1.54, 1.807) is 9.80 Å². The van der Waals surface area contributed by atoms with Crippen LogP contribution in [0.15, 0.2) is 29.4 Å². The number of benzene rings is 1. The van der Waals surface area contributed by atoms with Crippen LogP contribution in [0.4, 0.5) is 22.4 Å². The van der Waals surface area contributed by atoms with E-state index in [0.717, 1.165) is 16.6 Å². The summed E-state index contributed by atoms with van der Waals surface area (Å²) in [5.74, 6) is -0.360. The fourth-order valence-corrected chi connectivity index (χ4v) is 6.69. The summed E-state index contributed by atoms with van der Waals surface area (Å²) in [7, 11) is -4.45. The van der Waals surface area contributed by atoms with Crippen LogP contribution in [0.2, 0.25) is 0 Å². The minimum atomic E-state index is -5.01. The standard InChI is InChI=1S/C19H20F4N6O3S/c20-13-1-2-15(14(5-13)19(21,22)23)33(31,32)29-9-18(10-29)7-28(8-18)17(30)27-4-3-12(6-27)16-24-11-25-26-16/h1-2,5,11-12H,3-4,6-10H2,(H,24,25,26)/t12-/m0/s1. The third kappa shape index (κ3) is 3.74. The molecule has 2 amide bonds. The number of carbonyl (C=O) groups excluding carboxylic acids is 1. The molecular weight excluding hydrogens is 468 g/mol. The van der Waals surface area contributed by atoms with Crippen LogP contribution in [-0.4, -0.2) is 83.0 Å². The summed E-state index contributed by atoms with van der Waals surface area (Å²) in [5.41, 5.74) is -1.99. The zero-order valence-corrected chi connectivity index (χ0v) is 18.0. The maximum absolute atomic E-state index is 13.3. The average molecular weight is 488 g/mol. The Bertz CT molecular complexity index is 1170. The number of nitrogens with one attached hydrogen (secondary N) is 1. The second-order valence-electron chi connectivity index (χ2n) is 8.86. The first kappa shape index (κ1) is 22.1. The molecule has 0 saturated carbocycles. The summed E-state index contributed by atoms with van der Waals surface area (Å²) >= 11 is 0. The van der Waals surface area contributed by atoms with E-state index in [4.69, 9.17) is 0 Å². The van der Waals surface area contributed by atoms with E-state index in [9.17, 15) is 30.8 Å². The van der Waals surface area contributed by atoms with E-state index in [-0.39, 0.29) is 31.1 Å². The van der Waals surface area contributed by atoms with Crippen molar-refractivity contribution in [3.63, 3.8) is 0 Å². The van der Waals surface area contributed by atoms with Gasteiger partial charge in [0.2, 0.25) is 10.0 Å². The lowest BCUT2D eigenvalue weighted by Gasteiger charge is -2.59. The highest BCUT2D eigenvalue weighted by Crippen LogP contribution is 2.44. The molecule has 1 spiro atoms. The van der Waals surface area contributed by atoms with Gasteiger partial charge in [-0.25, -0.2) is 17.6 Å². The Morgan fingerprint density at radius 1 is 1.15 bits per heavy atom. The van der Waals surface area contributed by atoms with Crippen molar-refractivity contribution < 1.29 is 30.8 Å². The second-order valence-corrected chi connectivity index (χ2v) is 10.8. The van der Waals surface area contributed by atoms with Crippen LogP contribution >= 0.6 is 0 Å². The van der Waals surface area contributed by atoms with Gasteiger partial charge >= 0.3 is 12.2 Å². The number of halogens is 4. The number of aromatic nitrogens is 3. The molecule has 3 fully saturated rings. The lowest BCUT2D eigenvalue weighted by Crippen LogP contribution is -2.74. The minimum Gasteiger partial charge on any atom is -0.331 e. The van der Waals surface area contributed by atoms with Crippen molar-refractivity contribution in [1.29, 1.82) is 0 Å². The normalized spacial score (nSPS) is 23.0. The zero-order valence-electron chi connectivity index (χ0n) is 17.2. The van der Waals surface area contributed by atoms with Gasteiger partial charge in [0.25, 0.3) is 0 Å². The number of rotatable bonds is 3. The highest BCUT2D eigenvalue weighted by molar-refractivity contribution is 7.89. The van der Waals surface area contributed by atoms with E-state index >= 15 is 0 Å². The van der Waals surface area contributed by atoms with Crippen molar-refractivity contribution in [2.24, 2.45) is 5.41 Å². The molecule has 4 heterocycles. The molecule has 1 aromatic carbocycles. The smallest absolute Gasteiger partial charge is 0.331 e. The van der Waals surface area contributed by atoms with Crippen LogP contribution in [0.3, 0.4) is 0 Å². The Labute approximate surface area is 186 Å². The molecule has 3 saturated heterocycles. The number of sulfonamides is 1. The fourth-order valence-electron chi connectivity index (χ4n) is 4.83. The number of likely N-dealkylation sites (tertiary alicyclic amines) is 2. The van der Waals surface area contributed by atoms with Crippen molar-refractivity contribution in [3.05, 3.63) is 41.7 Å². The Kier molecular flexibility index (Phi) is 4.94. The van der Waals surface area contributed by atoms with Gasteiger partial charge in [-0.3, -0.25) is 0 Å². The fraction of sp³-hybridized carbons (Fsp3) is 0.526. The van der Waals surface area contributed by atoms with Crippen molar-refractivity contribution >= 4 is 16.1 Å². The molecule has 0 unspecified atom stereocenters. The average Bonchev–Trinajstić information content (AvgIpc) is 3.36. The molecule has 3 aliphatic rings. The lowest BCUT2D eigenvalue weighted by molar-refractivity contribution is -0.140. The number of hydrogen-bond donors (Lipinski definition) is 1. The first-order valence-corrected chi connectivity index (χ1v) is 11.7. The van der Waals surface area contributed by atoms with Crippen LogP contribution in [0.5, 0.6) is 0 Å². The number of hydrogen-bond acceptors (Lipinski definition) is 5. The molecule has 0 aliphatic carbocycles. The molecule has 3 aliphatic heterocycles. The van der Waals surface area contributed by atoms with Gasteiger partial charge in [0.05, 0.1) is 10.5 Å². The van der Waals surface area contributed by atoms with E-state index in [2.05, 4.69) is 15.2 Å². The molecule has 0 bridgehead atoms. The van der Waals surface area contributed by atoms with Crippen LogP contribution < -0.4 is 0 Å². The quantitative estimate of drug-likeness (QED) is 0.665. The maximum Gasteiger partial charge on any atom is 0.417 e. The monoisotopic (exact) mass is 488 g/mol. The van der Waals surface area contributed by atoms with Gasteiger partial charge in [-0.05, 0) is 24.6 Å². The Hall–Kier alpha value is -2.74. The van der Waals surface area contributed by atoms with E-state index in [1.165, 1.54) is 6.33 Å². The topological polar surface area (TPSA) is 102 Å². The molecule has 14 heteroatoms. The Balaban J connectivity index is 1.20. The SMILES string of the molecule is O=C(N1CC[C@H](c2nnc[nH]2)C1)N1CC2(C1)CN(S(=O)(=O)c1ccc(F)cc1C(F)(F)F)C2.